The molecule has 4 rings (SSSR count). The van der Waals surface area contributed by atoms with Crippen LogP contribution in [0.25, 0.3) is 10.2 Å². The van der Waals surface area contributed by atoms with Gasteiger partial charge in [0.1, 0.15) is 10.6 Å². The average Bonchev–Trinajstić information content (AvgIpc) is 2.98. The number of rotatable bonds is 3. The van der Waals surface area contributed by atoms with E-state index < -0.39 is 5.97 Å². The summed E-state index contributed by atoms with van der Waals surface area (Å²) in [6.45, 7) is 2.28. The quantitative estimate of drug-likeness (QED) is 0.506. The summed E-state index contributed by atoms with van der Waals surface area (Å²) < 4.78 is 4.88. The largest absolute Gasteiger partial charge is 0.465 e. The molecule has 0 radical (unpaired) electrons. The number of esters is 1. The van der Waals surface area contributed by atoms with Crippen molar-refractivity contribution in [3.05, 3.63) is 45.6 Å². The summed E-state index contributed by atoms with van der Waals surface area (Å²) in [5.41, 5.74) is 2.40. The van der Waals surface area contributed by atoms with Crippen LogP contribution in [0.3, 0.4) is 0 Å². The molecule has 7 heteroatoms. The molecular weight excluding hydrogens is 370 g/mol. The first-order valence-corrected chi connectivity index (χ1v) is 9.68. The van der Waals surface area contributed by atoms with Crippen LogP contribution in [0.15, 0.2) is 24.3 Å². The Balaban J connectivity index is 1.84. The van der Waals surface area contributed by atoms with Crippen LogP contribution in [0, 0.1) is 5.92 Å². The van der Waals surface area contributed by atoms with Crippen molar-refractivity contribution in [3.8, 4) is 0 Å². The van der Waals surface area contributed by atoms with Gasteiger partial charge >= 0.3 is 5.97 Å². The van der Waals surface area contributed by atoms with Crippen molar-refractivity contribution in [2.24, 2.45) is 5.92 Å². The number of benzene rings is 1. The standard InChI is InChI=1S/C19H18ClN3O2S/c1-10-7-8-12-14(9-10)26-17-15(12)16(22-19(20)23-17)21-13-6-4-3-5-11(13)18(24)25-2/h3-6,10H,7-9H2,1-2H3,(H,21,22,23). The van der Waals surface area contributed by atoms with E-state index in [1.54, 1.807) is 23.5 Å². The van der Waals surface area contributed by atoms with Gasteiger partial charge in [-0.15, -0.1) is 11.3 Å². The third-order valence-corrected chi connectivity index (χ3v) is 6.03. The van der Waals surface area contributed by atoms with Crippen LogP contribution in [-0.2, 0) is 17.6 Å². The number of carbonyl (C=O) groups is 1. The molecule has 1 unspecified atom stereocenters. The highest BCUT2D eigenvalue weighted by molar-refractivity contribution is 7.19. The fourth-order valence-electron chi connectivity index (χ4n) is 3.41. The Morgan fingerprint density at radius 2 is 2.15 bits per heavy atom. The van der Waals surface area contributed by atoms with Crippen LogP contribution in [0.2, 0.25) is 5.28 Å². The minimum atomic E-state index is -0.398. The summed E-state index contributed by atoms with van der Waals surface area (Å²) in [6.07, 6.45) is 3.22. The molecule has 0 aliphatic heterocycles. The molecule has 134 valence electrons. The number of aromatic nitrogens is 2. The normalized spacial score (nSPS) is 16.3. The lowest BCUT2D eigenvalue weighted by Crippen LogP contribution is -2.09. The van der Waals surface area contributed by atoms with Gasteiger partial charge in [0.25, 0.3) is 0 Å². The highest BCUT2D eigenvalue weighted by Crippen LogP contribution is 2.41. The fraction of sp³-hybridized carbons (Fsp3) is 0.316. The Morgan fingerprint density at radius 1 is 1.35 bits per heavy atom. The van der Waals surface area contributed by atoms with Gasteiger partial charge in [-0.3, -0.25) is 0 Å². The maximum Gasteiger partial charge on any atom is 0.339 e. The van der Waals surface area contributed by atoms with Gasteiger partial charge < -0.3 is 10.1 Å². The molecule has 1 aromatic carbocycles. The van der Waals surface area contributed by atoms with Crippen molar-refractivity contribution in [2.75, 3.05) is 12.4 Å². The van der Waals surface area contributed by atoms with E-state index in [2.05, 4.69) is 22.2 Å². The summed E-state index contributed by atoms with van der Waals surface area (Å²) in [6, 6.07) is 7.21. The Hall–Kier alpha value is -2.18. The number of methoxy groups -OCH3 is 1. The van der Waals surface area contributed by atoms with E-state index in [9.17, 15) is 4.79 Å². The zero-order valence-electron chi connectivity index (χ0n) is 14.5. The van der Waals surface area contributed by atoms with Gasteiger partial charge in [-0.25, -0.2) is 9.78 Å². The number of hydrogen-bond acceptors (Lipinski definition) is 6. The summed E-state index contributed by atoms with van der Waals surface area (Å²) >= 11 is 7.85. The number of carbonyl (C=O) groups excluding carboxylic acids is 1. The first-order valence-electron chi connectivity index (χ1n) is 8.49. The monoisotopic (exact) mass is 387 g/mol. The average molecular weight is 388 g/mol. The van der Waals surface area contributed by atoms with E-state index in [-0.39, 0.29) is 5.28 Å². The highest BCUT2D eigenvalue weighted by atomic mass is 35.5. The number of anilines is 2. The molecule has 0 saturated carbocycles. The van der Waals surface area contributed by atoms with Crippen LogP contribution in [0.5, 0.6) is 0 Å². The van der Waals surface area contributed by atoms with Crippen molar-refractivity contribution in [1.82, 2.24) is 9.97 Å². The maximum atomic E-state index is 12.1. The highest BCUT2D eigenvalue weighted by Gasteiger charge is 2.24. The molecule has 1 atom stereocenters. The number of halogens is 1. The van der Waals surface area contributed by atoms with Crippen molar-refractivity contribution in [3.63, 3.8) is 0 Å². The maximum absolute atomic E-state index is 12.1. The van der Waals surface area contributed by atoms with Gasteiger partial charge in [0, 0.05) is 4.88 Å². The van der Waals surface area contributed by atoms with E-state index in [4.69, 9.17) is 16.3 Å². The molecule has 0 fully saturated rings. The molecule has 0 amide bonds. The zero-order chi connectivity index (χ0) is 18.3. The summed E-state index contributed by atoms with van der Waals surface area (Å²) in [7, 11) is 1.37. The second kappa shape index (κ2) is 6.85. The summed E-state index contributed by atoms with van der Waals surface area (Å²) in [5, 5.41) is 4.50. The second-order valence-electron chi connectivity index (χ2n) is 6.54. The number of nitrogens with one attached hydrogen (secondary N) is 1. The van der Waals surface area contributed by atoms with E-state index >= 15 is 0 Å². The lowest BCUT2D eigenvalue weighted by Gasteiger charge is -2.18. The van der Waals surface area contributed by atoms with Crippen LogP contribution in [0.4, 0.5) is 11.5 Å². The number of hydrogen-bond donors (Lipinski definition) is 1. The Bertz CT molecular complexity index is 1000. The Kier molecular flexibility index (Phi) is 4.54. The number of ether oxygens (including phenoxy) is 1. The Morgan fingerprint density at radius 3 is 2.96 bits per heavy atom. The molecule has 2 heterocycles. The van der Waals surface area contributed by atoms with E-state index in [1.165, 1.54) is 17.6 Å². The number of para-hydroxylation sites is 1. The molecule has 2 aromatic heterocycles. The third-order valence-electron chi connectivity index (χ3n) is 4.71. The molecule has 1 aliphatic rings. The van der Waals surface area contributed by atoms with Crippen LogP contribution in [-0.4, -0.2) is 23.0 Å². The van der Waals surface area contributed by atoms with Crippen molar-refractivity contribution in [2.45, 2.75) is 26.2 Å². The number of aryl methyl sites for hydroxylation is 1. The molecule has 0 bridgehead atoms. The van der Waals surface area contributed by atoms with Gasteiger partial charge in [-0.1, -0.05) is 19.1 Å². The molecule has 3 aromatic rings. The summed E-state index contributed by atoms with van der Waals surface area (Å²) in [5.74, 6) is 0.921. The number of nitrogens with zero attached hydrogens (tertiary/aromatic N) is 2. The number of thiophene rings is 1. The topological polar surface area (TPSA) is 64.1 Å². The van der Waals surface area contributed by atoms with Crippen molar-refractivity contribution in [1.29, 1.82) is 0 Å². The molecule has 26 heavy (non-hydrogen) atoms. The van der Waals surface area contributed by atoms with Crippen LogP contribution >= 0.6 is 22.9 Å². The molecule has 0 saturated heterocycles. The smallest absolute Gasteiger partial charge is 0.339 e. The van der Waals surface area contributed by atoms with E-state index in [0.717, 1.165) is 29.5 Å². The van der Waals surface area contributed by atoms with Crippen LogP contribution in [0.1, 0.15) is 34.1 Å². The van der Waals surface area contributed by atoms with Gasteiger partial charge in [0.05, 0.1) is 23.7 Å². The molecule has 0 spiro atoms. The summed E-state index contributed by atoms with van der Waals surface area (Å²) in [4.78, 5) is 23.1. The molecule has 5 nitrogen and oxygen atoms in total. The van der Waals surface area contributed by atoms with Crippen molar-refractivity contribution < 1.29 is 9.53 Å². The van der Waals surface area contributed by atoms with Gasteiger partial charge in [-0.05, 0) is 54.5 Å². The lowest BCUT2D eigenvalue weighted by molar-refractivity contribution is 0.0602. The molecular formula is C19H18ClN3O2S. The van der Waals surface area contributed by atoms with E-state index in [0.29, 0.717) is 23.0 Å². The first-order chi connectivity index (χ1) is 12.6. The Labute approximate surface area is 160 Å². The predicted molar refractivity (Wildman–Crippen MR) is 105 cm³/mol. The SMILES string of the molecule is COC(=O)c1ccccc1Nc1nc(Cl)nc2sc3c(c12)CCC(C)C3. The number of fused-ring (bicyclic) bond motifs is 3. The van der Waals surface area contributed by atoms with Crippen molar-refractivity contribution >= 4 is 50.6 Å². The lowest BCUT2D eigenvalue weighted by atomic mass is 9.89. The minimum absolute atomic E-state index is 0.196. The fourth-order valence-corrected chi connectivity index (χ4v) is 5.02. The molecule has 1 aliphatic carbocycles. The van der Waals surface area contributed by atoms with Gasteiger partial charge in [-0.2, -0.15) is 4.98 Å². The van der Waals surface area contributed by atoms with E-state index in [1.807, 2.05) is 12.1 Å². The molecule has 1 N–H and O–H groups in total. The second-order valence-corrected chi connectivity index (χ2v) is 7.96. The minimum Gasteiger partial charge on any atom is -0.465 e. The van der Waals surface area contributed by atoms with Crippen LogP contribution < -0.4 is 5.32 Å². The predicted octanol–water partition coefficient (Wildman–Crippen LogP) is 5.00. The third kappa shape index (κ3) is 3.04. The van der Waals surface area contributed by atoms with Gasteiger partial charge in [0.2, 0.25) is 5.28 Å². The first kappa shape index (κ1) is 17.2. The van der Waals surface area contributed by atoms with Gasteiger partial charge in [0.15, 0.2) is 0 Å². The zero-order valence-corrected chi connectivity index (χ0v) is 16.1.